The van der Waals surface area contributed by atoms with Crippen LogP contribution in [0.4, 0.5) is 0 Å². The third kappa shape index (κ3) is 1.29. The van der Waals surface area contributed by atoms with E-state index < -0.39 is 5.91 Å². The van der Waals surface area contributed by atoms with Gasteiger partial charge < -0.3 is 15.6 Å². The molecule has 5 heteroatoms. The number of amides is 1. The Bertz CT molecular complexity index is 312. The first-order valence-corrected chi connectivity index (χ1v) is 3.18. The van der Waals surface area contributed by atoms with Crippen LogP contribution in [0, 0.1) is 0 Å². The molecule has 0 aliphatic carbocycles. The lowest BCUT2D eigenvalue weighted by Gasteiger charge is -2.03. The van der Waals surface area contributed by atoms with E-state index in [2.05, 4.69) is 4.98 Å². The van der Waals surface area contributed by atoms with Crippen molar-refractivity contribution >= 4 is 5.91 Å². The van der Waals surface area contributed by atoms with Gasteiger partial charge in [-0.3, -0.25) is 4.79 Å². The van der Waals surface area contributed by atoms with Crippen molar-refractivity contribution in [1.29, 1.82) is 0 Å². The van der Waals surface area contributed by atoms with Gasteiger partial charge in [0.15, 0.2) is 17.2 Å². The first-order chi connectivity index (χ1) is 5.66. The normalized spacial score (nSPS) is 9.42. The number of methoxy groups -OCH3 is 1. The van der Waals surface area contributed by atoms with Gasteiger partial charge >= 0.3 is 0 Å². The van der Waals surface area contributed by atoms with Crippen molar-refractivity contribution in [3.05, 3.63) is 18.0 Å². The van der Waals surface area contributed by atoms with Gasteiger partial charge in [0, 0.05) is 12.3 Å². The van der Waals surface area contributed by atoms with Crippen molar-refractivity contribution in [2.75, 3.05) is 7.11 Å². The van der Waals surface area contributed by atoms with Crippen LogP contribution in [-0.4, -0.2) is 23.1 Å². The maximum absolute atomic E-state index is 10.6. The Morgan fingerprint density at radius 3 is 2.92 bits per heavy atom. The van der Waals surface area contributed by atoms with Crippen LogP contribution in [0.1, 0.15) is 10.5 Å². The minimum Gasteiger partial charge on any atom is -0.503 e. The molecule has 5 nitrogen and oxygen atoms in total. The average Bonchev–Trinajstić information content (AvgIpc) is 2.04. The van der Waals surface area contributed by atoms with E-state index in [1.807, 2.05) is 0 Å². The summed E-state index contributed by atoms with van der Waals surface area (Å²) in [5, 5.41) is 9.27. The summed E-state index contributed by atoms with van der Waals surface area (Å²) in [5.74, 6) is -0.933. The molecule has 0 saturated carbocycles. The highest BCUT2D eigenvalue weighted by atomic mass is 16.5. The van der Waals surface area contributed by atoms with Crippen LogP contribution in [0.15, 0.2) is 12.3 Å². The molecule has 3 N–H and O–H groups in total. The fraction of sp³-hybridized carbons (Fsp3) is 0.143. The highest BCUT2D eigenvalue weighted by Gasteiger charge is 2.12. The molecule has 0 fully saturated rings. The summed E-state index contributed by atoms with van der Waals surface area (Å²) in [4.78, 5) is 14.2. The molecule has 0 aliphatic rings. The van der Waals surface area contributed by atoms with Gasteiger partial charge in [0.1, 0.15) is 0 Å². The van der Waals surface area contributed by atoms with Crippen LogP contribution >= 0.6 is 0 Å². The number of pyridine rings is 1. The van der Waals surface area contributed by atoms with Crippen molar-refractivity contribution in [2.45, 2.75) is 0 Å². The molecule has 1 aromatic rings. The van der Waals surface area contributed by atoms with Crippen molar-refractivity contribution in [1.82, 2.24) is 4.98 Å². The monoisotopic (exact) mass is 168 g/mol. The van der Waals surface area contributed by atoms with Crippen LogP contribution in [0.3, 0.4) is 0 Å². The lowest BCUT2D eigenvalue weighted by atomic mass is 10.3. The van der Waals surface area contributed by atoms with Crippen molar-refractivity contribution in [3.63, 3.8) is 0 Å². The molecular formula is C7H8N2O3. The standard InChI is InChI=1S/C7H8N2O3/c1-12-4-2-3-9-5(6(4)10)7(8)11/h2-3,10H,1H3,(H2,8,11). The molecule has 0 aromatic carbocycles. The summed E-state index contributed by atoms with van der Waals surface area (Å²) >= 11 is 0. The smallest absolute Gasteiger partial charge is 0.271 e. The number of carbonyl (C=O) groups is 1. The maximum atomic E-state index is 10.6. The highest BCUT2D eigenvalue weighted by molar-refractivity contribution is 5.94. The van der Waals surface area contributed by atoms with Gasteiger partial charge in [0.05, 0.1) is 7.11 Å². The lowest BCUT2D eigenvalue weighted by Crippen LogP contribution is -2.13. The number of hydrogen-bond acceptors (Lipinski definition) is 4. The molecule has 1 aromatic heterocycles. The third-order valence-corrected chi connectivity index (χ3v) is 1.34. The molecule has 1 amide bonds. The number of aromatic nitrogens is 1. The zero-order valence-electron chi connectivity index (χ0n) is 6.44. The Labute approximate surface area is 68.8 Å². The summed E-state index contributed by atoms with van der Waals surface area (Å²) in [6.45, 7) is 0. The van der Waals surface area contributed by atoms with E-state index in [0.717, 1.165) is 0 Å². The fourth-order valence-electron chi connectivity index (χ4n) is 0.781. The molecule has 64 valence electrons. The Kier molecular flexibility index (Phi) is 2.14. The third-order valence-electron chi connectivity index (χ3n) is 1.34. The molecule has 1 heterocycles. The van der Waals surface area contributed by atoms with Crippen LogP contribution in [0.5, 0.6) is 11.5 Å². The van der Waals surface area contributed by atoms with Gasteiger partial charge in [-0.1, -0.05) is 0 Å². The molecule has 0 atom stereocenters. The molecule has 0 unspecified atom stereocenters. The zero-order chi connectivity index (χ0) is 9.14. The van der Waals surface area contributed by atoms with Gasteiger partial charge in [0.2, 0.25) is 0 Å². The Morgan fingerprint density at radius 2 is 2.42 bits per heavy atom. The van der Waals surface area contributed by atoms with Crippen molar-refractivity contribution in [3.8, 4) is 11.5 Å². The summed E-state index contributed by atoms with van der Waals surface area (Å²) in [6, 6.07) is 1.43. The predicted octanol–water partition coefficient (Wildman–Crippen LogP) is -0.105. The van der Waals surface area contributed by atoms with E-state index >= 15 is 0 Å². The van der Waals surface area contributed by atoms with E-state index in [9.17, 15) is 9.90 Å². The van der Waals surface area contributed by atoms with E-state index in [1.54, 1.807) is 0 Å². The quantitative estimate of drug-likeness (QED) is 0.645. The maximum Gasteiger partial charge on any atom is 0.271 e. The number of hydrogen-bond donors (Lipinski definition) is 2. The largest absolute Gasteiger partial charge is 0.503 e. The lowest BCUT2D eigenvalue weighted by molar-refractivity contribution is 0.0992. The second-order valence-corrected chi connectivity index (χ2v) is 2.07. The molecule has 12 heavy (non-hydrogen) atoms. The molecule has 0 spiro atoms. The Morgan fingerprint density at radius 1 is 1.75 bits per heavy atom. The van der Waals surface area contributed by atoms with Crippen molar-refractivity contribution in [2.24, 2.45) is 5.73 Å². The topological polar surface area (TPSA) is 85.4 Å². The number of ether oxygens (including phenoxy) is 1. The van der Waals surface area contributed by atoms with E-state index in [4.69, 9.17) is 10.5 Å². The molecule has 0 radical (unpaired) electrons. The van der Waals surface area contributed by atoms with E-state index in [-0.39, 0.29) is 17.2 Å². The van der Waals surface area contributed by atoms with Crippen molar-refractivity contribution < 1.29 is 14.6 Å². The second kappa shape index (κ2) is 3.08. The Balaban J connectivity index is 3.23. The number of nitrogens with zero attached hydrogens (tertiary/aromatic N) is 1. The number of primary amides is 1. The van der Waals surface area contributed by atoms with Crippen LogP contribution < -0.4 is 10.5 Å². The van der Waals surface area contributed by atoms with Crippen LogP contribution in [0.2, 0.25) is 0 Å². The number of carbonyl (C=O) groups excluding carboxylic acids is 1. The highest BCUT2D eigenvalue weighted by Crippen LogP contribution is 2.26. The average molecular weight is 168 g/mol. The first-order valence-electron chi connectivity index (χ1n) is 3.18. The summed E-state index contributed by atoms with van der Waals surface area (Å²) in [5.41, 5.74) is 4.74. The van der Waals surface area contributed by atoms with Gasteiger partial charge in [0.25, 0.3) is 5.91 Å². The molecule has 0 bridgehead atoms. The minimum atomic E-state index is -0.786. The van der Waals surface area contributed by atoms with E-state index in [0.29, 0.717) is 0 Å². The number of nitrogens with two attached hydrogens (primary N) is 1. The molecule has 0 aliphatic heterocycles. The second-order valence-electron chi connectivity index (χ2n) is 2.07. The molecule has 1 rings (SSSR count). The van der Waals surface area contributed by atoms with Gasteiger partial charge in [-0.15, -0.1) is 0 Å². The molecular weight excluding hydrogens is 160 g/mol. The van der Waals surface area contributed by atoms with Crippen LogP contribution in [-0.2, 0) is 0 Å². The summed E-state index contributed by atoms with van der Waals surface area (Å²) in [7, 11) is 1.37. The number of rotatable bonds is 2. The summed E-state index contributed by atoms with van der Waals surface area (Å²) in [6.07, 6.45) is 1.33. The fourth-order valence-corrected chi connectivity index (χ4v) is 0.781. The van der Waals surface area contributed by atoms with Gasteiger partial charge in [-0.25, -0.2) is 4.98 Å². The van der Waals surface area contributed by atoms with Gasteiger partial charge in [-0.05, 0) is 0 Å². The predicted molar refractivity (Wildman–Crippen MR) is 41.0 cm³/mol. The van der Waals surface area contributed by atoms with Crippen LogP contribution in [0.25, 0.3) is 0 Å². The summed E-state index contributed by atoms with van der Waals surface area (Å²) < 4.78 is 4.74. The Hall–Kier alpha value is -1.78. The molecule has 0 saturated heterocycles. The zero-order valence-corrected chi connectivity index (χ0v) is 6.44. The van der Waals surface area contributed by atoms with E-state index in [1.165, 1.54) is 19.4 Å². The first kappa shape index (κ1) is 8.32. The minimum absolute atomic E-state index is 0.179. The SMILES string of the molecule is COc1ccnc(C(N)=O)c1O. The number of aromatic hydroxyl groups is 1. The van der Waals surface area contributed by atoms with Gasteiger partial charge in [-0.2, -0.15) is 0 Å².